The van der Waals surface area contributed by atoms with Crippen LogP contribution in [0.25, 0.3) is 11.5 Å². The number of alkyl halides is 3. The highest BCUT2D eigenvalue weighted by Gasteiger charge is 2.34. The number of nitrogens with one attached hydrogen (secondary N) is 1. The Bertz CT molecular complexity index is 1190. The fraction of sp³-hybridized carbons (Fsp3) is 0.381. The van der Waals surface area contributed by atoms with Gasteiger partial charge in [-0.25, -0.2) is 14.4 Å². The van der Waals surface area contributed by atoms with Crippen molar-refractivity contribution in [3.8, 4) is 11.5 Å². The molecule has 0 aliphatic heterocycles. The first kappa shape index (κ1) is 20.5. The Labute approximate surface area is 179 Å². The number of carbonyl (C=O) groups is 1. The van der Waals surface area contributed by atoms with E-state index in [-0.39, 0.29) is 11.5 Å². The molecule has 0 bridgehead atoms. The van der Waals surface area contributed by atoms with Crippen molar-refractivity contribution in [2.75, 3.05) is 0 Å². The van der Waals surface area contributed by atoms with Gasteiger partial charge < -0.3 is 9.73 Å². The summed E-state index contributed by atoms with van der Waals surface area (Å²) in [5.41, 5.74) is -0.290. The predicted molar refractivity (Wildman–Crippen MR) is 102 cm³/mol. The van der Waals surface area contributed by atoms with Gasteiger partial charge in [0.15, 0.2) is 11.5 Å². The number of carbonyl (C=O) groups excluding carboxylic acids is 1. The number of oxazole rings is 1. The van der Waals surface area contributed by atoms with Gasteiger partial charge in [-0.3, -0.25) is 14.8 Å². The van der Waals surface area contributed by atoms with Crippen molar-refractivity contribution in [3.05, 3.63) is 59.0 Å². The molecule has 1 saturated carbocycles. The first-order valence-corrected chi connectivity index (χ1v) is 10.1. The van der Waals surface area contributed by atoms with Crippen LogP contribution in [0.2, 0.25) is 0 Å². The zero-order valence-corrected chi connectivity index (χ0v) is 16.6. The van der Waals surface area contributed by atoms with Gasteiger partial charge in [0, 0.05) is 18.0 Å². The van der Waals surface area contributed by atoms with E-state index in [0.717, 1.165) is 30.9 Å². The summed E-state index contributed by atoms with van der Waals surface area (Å²) in [4.78, 5) is 27.9. The summed E-state index contributed by atoms with van der Waals surface area (Å²) in [6, 6.07) is 1.03. The SMILES string of the molecule is O=C(N[C@@H]1CCCc2oc(-c3cc(C4CC4)ncc3F)nc21)c1cncc(C(F)(F)F)n1. The maximum Gasteiger partial charge on any atom is 0.434 e. The van der Waals surface area contributed by atoms with Crippen molar-refractivity contribution in [3.63, 3.8) is 0 Å². The second-order valence-corrected chi connectivity index (χ2v) is 7.90. The Kier molecular flexibility index (Phi) is 4.90. The standard InChI is InChI=1S/C21H17F4N5O2/c22-12-7-27-14(10-4-5-10)6-11(12)20-30-18-13(2-1-3-16(18)32-20)29-19(31)15-8-26-9-17(28-15)21(23,24)25/h6-10,13H,1-5H2,(H,29,31)/t13-/m1/s1. The maximum absolute atomic E-state index is 14.4. The molecule has 3 aromatic heterocycles. The number of aromatic nitrogens is 4. The lowest BCUT2D eigenvalue weighted by Crippen LogP contribution is -2.32. The average Bonchev–Trinajstić information content (AvgIpc) is 3.52. The zero-order chi connectivity index (χ0) is 22.5. The van der Waals surface area contributed by atoms with Gasteiger partial charge in [0.1, 0.15) is 17.1 Å². The van der Waals surface area contributed by atoms with E-state index < -0.39 is 35.3 Å². The van der Waals surface area contributed by atoms with E-state index in [0.29, 0.717) is 42.8 Å². The molecule has 1 amide bonds. The zero-order valence-electron chi connectivity index (χ0n) is 16.6. The smallest absolute Gasteiger partial charge is 0.434 e. The lowest BCUT2D eigenvalue weighted by molar-refractivity contribution is -0.141. The number of fused-ring (bicyclic) bond motifs is 1. The highest BCUT2D eigenvalue weighted by Crippen LogP contribution is 2.41. The van der Waals surface area contributed by atoms with E-state index in [1.54, 1.807) is 6.07 Å². The number of halogens is 4. The second-order valence-electron chi connectivity index (χ2n) is 7.90. The molecule has 1 fully saturated rings. The Balaban J connectivity index is 1.41. The lowest BCUT2D eigenvalue weighted by atomic mass is 9.96. The van der Waals surface area contributed by atoms with Crippen LogP contribution in [-0.4, -0.2) is 25.8 Å². The van der Waals surface area contributed by atoms with Crippen molar-refractivity contribution in [2.24, 2.45) is 0 Å². The molecular formula is C21H17F4N5O2. The number of hydrogen-bond donors (Lipinski definition) is 1. The van der Waals surface area contributed by atoms with E-state index in [4.69, 9.17) is 4.42 Å². The average molecular weight is 447 g/mol. The van der Waals surface area contributed by atoms with Gasteiger partial charge in [-0.2, -0.15) is 13.2 Å². The number of amides is 1. The Morgan fingerprint density at radius 2 is 1.94 bits per heavy atom. The Morgan fingerprint density at radius 3 is 2.69 bits per heavy atom. The molecule has 1 N–H and O–H groups in total. The monoisotopic (exact) mass is 447 g/mol. The largest absolute Gasteiger partial charge is 0.441 e. The van der Waals surface area contributed by atoms with Gasteiger partial charge in [0.25, 0.3) is 5.91 Å². The van der Waals surface area contributed by atoms with E-state index in [1.807, 2.05) is 0 Å². The highest BCUT2D eigenvalue weighted by atomic mass is 19.4. The normalized spacial score (nSPS) is 18.3. The molecule has 0 unspecified atom stereocenters. The summed E-state index contributed by atoms with van der Waals surface area (Å²) < 4.78 is 58.9. The summed E-state index contributed by atoms with van der Waals surface area (Å²) in [5.74, 6) is -0.447. The molecule has 11 heteroatoms. The molecule has 1 atom stereocenters. The lowest BCUT2D eigenvalue weighted by Gasteiger charge is -2.21. The number of rotatable bonds is 4. The summed E-state index contributed by atoms with van der Waals surface area (Å²) in [7, 11) is 0. The summed E-state index contributed by atoms with van der Waals surface area (Å²) >= 11 is 0. The van der Waals surface area contributed by atoms with Gasteiger partial charge in [-0.05, 0) is 31.7 Å². The molecule has 0 saturated heterocycles. The Hall–Kier alpha value is -3.37. The Morgan fingerprint density at radius 1 is 1.12 bits per heavy atom. The van der Waals surface area contributed by atoms with Gasteiger partial charge in [0.05, 0.1) is 30.2 Å². The summed E-state index contributed by atoms with van der Waals surface area (Å²) in [5, 5.41) is 2.65. The van der Waals surface area contributed by atoms with Gasteiger partial charge in [0.2, 0.25) is 5.89 Å². The third-order valence-electron chi connectivity index (χ3n) is 5.52. The molecule has 166 valence electrons. The molecule has 0 radical (unpaired) electrons. The van der Waals surface area contributed by atoms with Gasteiger partial charge in [-0.1, -0.05) is 0 Å². The van der Waals surface area contributed by atoms with Crippen LogP contribution in [0, 0.1) is 5.82 Å². The molecule has 3 aromatic rings. The van der Waals surface area contributed by atoms with E-state index in [1.165, 1.54) is 0 Å². The second kappa shape index (κ2) is 7.64. The number of pyridine rings is 1. The van der Waals surface area contributed by atoms with Crippen molar-refractivity contribution in [1.82, 2.24) is 25.3 Å². The fourth-order valence-electron chi connectivity index (χ4n) is 3.74. The van der Waals surface area contributed by atoms with Crippen molar-refractivity contribution < 1.29 is 26.8 Å². The minimum Gasteiger partial charge on any atom is -0.441 e. The molecule has 32 heavy (non-hydrogen) atoms. The number of nitrogens with zero attached hydrogens (tertiary/aromatic N) is 4. The third kappa shape index (κ3) is 3.94. The molecular weight excluding hydrogens is 430 g/mol. The molecule has 2 aliphatic rings. The topological polar surface area (TPSA) is 93.8 Å². The summed E-state index contributed by atoms with van der Waals surface area (Å²) in [6.07, 6.45) is 1.69. The molecule has 5 rings (SSSR count). The molecule has 0 aromatic carbocycles. The number of aryl methyl sites for hydroxylation is 1. The van der Waals surface area contributed by atoms with Crippen LogP contribution >= 0.6 is 0 Å². The molecule has 7 nitrogen and oxygen atoms in total. The fourth-order valence-corrected chi connectivity index (χ4v) is 3.74. The summed E-state index contributed by atoms with van der Waals surface area (Å²) in [6.45, 7) is 0. The van der Waals surface area contributed by atoms with Crippen LogP contribution < -0.4 is 5.32 Å². The first-order chi connectivity index (χ1) is 15.3. The van der Waals surface area contributed by atoms with Crippen LogP contribution in [0.1, 0.15) is 71.0 Å². The van der Waals surface area contributed by atoms with Crippen LogP contribution in [0.15, 0.2) is 29.1 Å². The first-order valence-electron chi connectivity index (χ1n) is 10.1. The maximum atomic E-state index is 14.4. The van der Waals surface area contributed by atoms with Crippen LogP contribution in [-0.2, 0) is 12.6 Å². The van der Waals surface area contributed by atoms with Crippen LogP contribution in [0.3, 0.4) is 0 Å². The highest BCUT2D eigenvalue weighted by molar-refractivity contribution is 5.92. The quantitative estimate of drug-likeness (QED) is 0.597. The molecule has 3 heterocycles. The van der Waals surface area contributed by atoms with Gasteiger partial charge >= 0.3 is 6.18 Å². The van der Waals surface area contributed by atoms with Crippen LogP contribution in [0.4, 0.5) is 17.6 Å². The van der Waals surface area contributed by atoms with Crippen LogP contribution in [0.5, 0.6) is 0 Å². The van der Waals surface area contributed by atoms with E-state index in [2.05, 4.69) is 25.3 Å². The molecule has 2 aliphatic carbocycles. The van der Waals surface area contributed by atoms with Crippen molar-refractivity contribution in [2.45, 2.75) is 50.2 Å². The van der Waals surface area contributed by atoms with Crippen molar-refractivity contribution in [1.29, 1.82) is 0 Å². The predicted octanol–water partition coefficient (Wildman–Crippen LogP) is 4.37. The minimum atomic E-state index is -4.71. The van der Waals surface area contributed by atoms with E-state index >= 15 is 0 Å². The van der Waals surface area contributed by atoms with Crippen molar-refractivity contribution >= 4 is 5.91 Å². The van der Waals surface area contributed by atoms with E-state index in [9.17, 15) is 22.4 Å². The molecule has 0 spiro atoms. The minimum absolute atomic E-state index is 0.0943. The van der Waals surface area contributed by atoms with Gasteiger partial charge in [-0.15, -0.1) is 0 Å². The number of hydrogen-bond acceptors (Lipinski definition) is 6. The third-order valence-corrected chi connectivity index (χ3v) is 5.52.